The van der Waals surface area contributed by atoms with E-state index in [-0.39, 0.29) is 11.5 Å². The van der Waals surface area contributed by atoms with E-state index in [1.165, 1.54) is 22.5 Å². The van der Waals surface area contributed by atoms with E-state index < -0.39 is 5.25 Å². The highest BCUT2D eigenvalue weighted by Crippen LogP contribution is 2.23. The number of hydrogen-bond acceptors (Lipinski definition) is 5. The summed E-state index contributed by atoms with van der Waals surface area (Å²) in [6.45, 7) is 8.34. The maximum atomic E-state index is 12.6. The van der Waals surface area contributed by atoms with E-state index in [2.05, 4.69) is 10.4 Å². The van der Waals surface area contributed by atoms with Crippen molar-refractivity contribution in [3.05, 3.63) is 76.1 Å². The Balaban J connectivity index is 1.71. The predicted molar refractivity (Wildman–Crippen MR) is 121 cm³/mol. The van der Waals surface area contributed by atoms with E-state index in [4.69, 9.17) is 4.74 Å². The van der Waals surface area contributed by atoms with Crippen molar-refractivity contribution in [3.8, 4) is 11.4 Å². The van der Waals surface area contributed by atoms with Gasteiger partial charge < -0.3 is 10.1 Å². The SMILES string of the molecule is CCOc1ccc(NC(=O)C(C)Sc2ccc(=O)n(-c3ccc(C)c(C)c3)n2)cc1. The van der Waals surface area contributed by atoms with Gasteiger partial charge in [-0.25, -0.2) is 0 Å². The number of aromatic nitrogens is 2. The van der Waals surface area contributed by atoms with Crippen LogP contribution in [0.15, 0.2) is 64.4 Å². The minimum Gasteiger partial charge on any atom is -0.494 e. The number of nitrogens with zero attached hydrogens (tertiary/aromatic N) is 2. The first-order valence-electron chi connectivity index (χ1n) is 9.75. The molecule has 3 rings (SSSR count). The summed E-state index contributed by atoms with van der Waals surface area (Å²) in [5.74, 6) is 0.616. The van der Waals surface area contributed by atoms with Gasteiger partial charge in [-0.3, -0.25) is 9.59 Å². The van der Waals surface area contributed by atoms with Gasteiger partial charge in [-0.05, 0) is 81.3 Å². The van der Waals surface area contributed by atoms with Crippen molar-refractivity contribution >= 4 is 23.4 Å². The van der Waals surface area contributed by atoms with Gasteiger partial charge in [-0.1, -0.05) is 17.8 Å². The average Bonchev–Trinajstić information content (AvgIpc) is 2.73. The lowest BCUT2D eigenvalue weighted by Gasteiger charge is -2.13. The van der Waals surface area contributed by atoms with Crippen molar-refractivity contribution in [1.82, 2.24) is 9.78 Å². The van der Waals surface area contributed by atoms with Crippen molar-refractivity contribution in [2.45, 2.75) is 38.0 Å². The molecule has 1 N–H and O–H groups in total. The number of ether oxygens (including phenoxy) is 1. The smallest absolute Gasteiger partial charge is 0.271 e. The molecular weight excluding hydrogens is 398 g/mol. The molecule has 0 aliphatic rings. The fourth-order valence-electron chi connectivity index (χ4n) is 2.78. The second kappa shape index (κ2) is 9.63. The van der Waals surface area contributed by atoms with E-state index in [1.807, 2.05) is 58.0 Å². The van der Waals surface area contributed by atoms with E-state index in [0.29, 0.717) is 23.0 Å². The lowest BCUT2D eigenvalue weighted by atomic mass is 10.1. The van der Waals surface area contributed by atoms with Gasteiger partial charge in [0.25, 0.3) is 5.56 Å². The van der Waals surface area contributed by atoms with Crippen LogP contribution in [0.25, 0.3) is 5.69 Å². The molecule has 0 saturated carbocycles. The molecule has 1 amide bonds. The number of carbonyl (C=O) groups is 1. The Morgan fingerprint density at radius 2 is 1.83 bits per heavy atom. The number of anilines is 1. The van der Waals surface area contributed by atoms with Crippen LogP contribution < -0.4 is 15.6 Å². The van der Waals surface area contributed by atoms with E-state index >= 15 is 0 Å². The molecule has 7 heteroatoms. The van der Waals surface area contributed by atoms with Crippen LogP contribution in [0.2, 0.25) is 0 Å². The molecule has 0 spiro atoms. The van der Waals surface area contributed by atoms with Crippen LogP contribution in [0.4, 0.5) is 5.69 Å². The molecule has 3 aromatic rings. The Kier molecular flexibility index (Phi) is 6.95. The van der Waals surface area contributed by atoms with Crippen molar-refractivity contribution in [2.24, 2.45) is 0 Å². The summed E-state index contributed by atoms with van der Waals surface area (Å²) in [4.78, 5) is 24.9. The van der Waals surface area contributed by atoms with Gasteiger partial charge in [0.15, 0.2) is 0 Å². The topological polar surface area (TPSA) is 73.2 Å². The molecule has 1 atom stereocenters. The number of aryl methyl sites for hydroxylation is 2. The first kappa shape index (κ1) is 21.6. The van der Waals surface area contributed by atoms with Crippen LogP contribution in [0.3, 0.4) is 0 Å². The van der Waals surface area contributed by atoms with Crippen LogP contribution in [0.1, 0.15) is 25.0 Å². The first-order chi connectivity index (χ1) is 14.4. The Hall–Kier alpha value is -3.06. The molecule has 1 heterocycles. The highest BCUT2D eigenvalue weighted by atomic mass is 32.2. The number of hydrogen-bond donors (Lipinski definition) is 1. The maximum Gasteiger partial charge on any atom is 0.271 e. The summed E-state index contributed by atoms with van der Waals surface area (Å²) in [5.41, 5.74) is 3.43. The normalized spacial score (nSPS) is 11.7. The fourth-order valence-corrected chi connectivity index (χ4v) is 3.58. The van der Waals surface area contributed by atoms with Crippen LogP contribution in [0, 0.1) is 13.8 Å². The molecule has 0 saturated heterocycles. The molecule has 0 aliphatic heterocycles. The van der Waals surface area contributed by atoms with Gasteiger partial charge in [0.05, 0.1) is 17.5 Å². The quantitative estimate of drug-likeness (QED) is 0.572. The number of rotatable bonds is 7. The molecule has 0 bridgehead atoms. The molecule has 1 aromatic heterocycles. The Labute approximate surface area is 180 Å². The van der Waals surface area contributed by atoms with Gasteiger partial charge in [-0.15, -0.1) is 0 Å². The number of benzene rings is 2. The zero-order valence-electron chi connectivity index (χ0n) is 17.5. The standard InChI is InChI=1S/C23H25N3O3S/c1-5-29-20-10-7-18(8-11-20)24-23(28)17(4)30-21-12-13-22(27)26(25-21)19-9-6-15(2)16(3)14-19/h6-14,17H,5H2,1-4H3,(H,24,28). The number of amides is 1. The minimum absolute atomic E-state index is 0.144. The average molecular weight is 424 g/mol. The summed E-state index contributed by atoms with van der Waals surface area (Å²) in [5, 5.41) is 7.54. The summed E-state index contributed by atoms with van der Waals surface area (Å²) in [7, 11) is 0. The van der Waals surface area contributed by atoms with E-state index in [1.54, 1.807) is 18.2 Å². The largest absolute Gasteiger partial charge is 0.494 e. The maximum absolute atomic E-state index is 12.6. The predicted octanol–water partition coefficient (Wildman–Crippen LogP) is 4.37. The molecule has 6 nitrogen and oxygen atoms in total. The van der Waals surface area contributed by atoms with Gasteiger partial charge >= 0.3 is 0 Å². The number of nitrogens with one attached hydrogen (secondary N) is 1. The molecule has 0 fully saturated rings. The molecule has 2 aromatic carbocycles. The van der Waals surface area contributed by atoms with Gasteiger partial charge in [-0.2, -0.15) is 9.78 Å². The zero-order chi connectivity index (χ0) is 21.7. The third-order valence-electron chi connectivity index (χ3n) is 4.61. The van der Waals surface area contributed by atoms with E-state index in [9.17, 15) is 9.59 Å². The highest BCUT2D eigenvalue weighted by Gasteiger charge is 2.16. The summed E-state index contributed by atoms with van der Waals surface area (Å²) in [6.07, 6.45) is 0. The monoisotopic (exact) mass is 423 g/mol. The fraction of sp³-hybridized carbons (Fsp3) is 0.261. The van der Waals surface area contributed by atoms with Crippen LogP contribution in [0.5, 0.6) is 5.75 Å². The second-order valence-corrected chi connectivity index (χ2v) is 8.26. The van der Waals surface area contributed by atoms with Gasteiger partial charge in [0.2, 0.25) is 5.91 Å². The minimum atomic E-state index is -0.394. The summed E-state index contributed by atoms with van der Waals surface area (Å²) < 4.78 is 6.78. The van der Waals surface area contributed by atoms with Crippen molar-refractivity contribution in [3.63, 3.8) is 0 Å². The highest BCUT2D eigenvalue weighted by molar-refractivity contribution is 8.00. The summed E-state index contributed by atoms with van der Waals surface area (Å²) in [6, 6.07) is 16.1. The third-order valence-corrected chi connectivity index (χ3v) is 5.64. The van der Waals surface area contributed by atoms with Gasteiger partial charge in [0.1, 0.15) is 10.8 Å². The van der Waals surface area contributed by atoms with E-state index in [0.717, 1.165) is 16.9 Å². The van der Waals surface area contributed by atoms with Crippen molar-refractivity contribution < 1.29 is 9.53 Å². The second-order valence-electron chi connectivity index (χ2n) is 6.90. The molecule has 30 heavy (non-hydrogen) atoms. The lowest BCUT2D eigenvalue weighted by molar-refractivity contribution is -0.115. The molecule has 0 radical (unpaired) electrons. The third kappa shape index (κ3) is 5.30. The van der Waals surface area contributed by atoms with Crippen LogP contribution >= 0.6 is 11.8 Å². The molecular formula is C23H25N3O3S. The Bertz CT molecular complexity index is 1090. The van der Waals surface area contributed by atoms with Gasteiger partial charge in [0, 0.05) is 11.8 Å². The van der Waals surface area contributed by atoms with Crippen LogP contribution in [-0.2, 0) is 4.79 Å². The number of carbonyl (C=O) groups excluding carboxylic acids is 1. The van der Waals surface area contributed by atoms with Crippen LogP contribution in [-0.4, -0.2) is 27.5 Å². The van der Waals surface area contributed by atoms with Crippen molar-refractivity contribution in [2.75, 3.05) is 11.9 Å². The molecule has 0 aliphatic carbocycles. The molecule has 156 valence electrons. The summed E-state index contributed by atoms with van der Waals surface area (Å²) >= 11 is 1.30. The number of thioether (sulfide) groups is 1. The Morgan fingerprint density at radius 1 is 1.10 bits per heavy atom. The van der Waals surface area contributed by atoms with Crippen molar-refractivity contribution in [1.29, 1.82) is 0 Å². The Morgan fingerprint density at radius 3 is 2.50 bits per heavy atom. The zero-order valence-corrected chi connectivity index (χ0v) is 18.3. The lowest BCUT2D eigenvalue weighted by Crippen LogP contribution is -2.24. The molecule has 1 unspecified atom stereocenters. The first-order valence-corrected chi connectivity index (χ1v) is 10.6.